The maximum absolute atomic E-state index is 13.0. The highest BCUT2D eigenvalue weighted by Crippen LogP contribution is 2.29. The van der Waals surface area contributed by atoms with Gasteiger partial charge in [0, 0.05) is 69.8 Å². The summed E-state index contributed by atoms with van der Waals surface area (Å²) < 4.78 is 45.8. The lowest BCUT2D eigenvalue weighted by Crippen LogP contribution is -2.47. The van der Waals surface area contributed by atoms with Crippen molar-refractivity contribution in [2.75, 3.05) is 39.4 Å². The maximum Gasteiger partial charge on any atom is 0.416 e. The van der Waals surface area contributed by atoms with Gasteiger partial charge in [-0.3, -0.25) is 19.4 Å². The molecule has 0 aromatic carbocycles. The van der Waals surface area contributed by atoms with Gasteiger partial charge in [0.2, 0.25) is 5.91 Å². The number of fused-ring (bicyclic) bond motifs is 1. The first-order valence-electron chi connectivity index (χ1n) is 10.4. The predicted octanol–water partition coefficient (Wildman–Crippen LogP) is 1.05. The predicted molar refractivity (Wildman–Crippen MR) is 103 cm³/mol. The number of amides is 1. The molecule has 0 aliphatic carbocycles. The molecule has 4 rings (SSSR count). The van der Waals surface area contributed by atoms with E-state index in [4.69, 9.17) is 4.74 Å². The van der Waals surface area contributed by atoms with Crippen molar-refractivity contribution < 1.29 is 22.7 Å². The van der Waals surface area contributed by atoms with Crippen LogP contribution in [0.15, 0.2) is 16.9 Å². The molecule has 2 fully saturated rings. The molecule has 10 heteroatoms. The number of alkyl halides is 3. The first-order chi connectivity index (χ1) is 14.3. The molecule has 4 heterocycles. The van der Waals surface area contributed by atoms with Gasteiger partial charge in [0.25, 0.3) is 5.56 Å². The average Bonchev–Trinajstić information content (AvgIpc) is 3.16. The van der Waals surface area contributed by atoms with Crippen molar-refractivity contribution >= 4 is 5.91 Å². The Balaban J connectivity index is 1.31. The molecule has 0 spiro atoms. The van der Waals surface area contributed by atoms with Crippen molar-refractivity contribution in [1.29, 1.82) is 0 Å². The number of ether oxygens (including phenoxy) is 1. The van der Waals surface area contributed by atoms with Crippen LogP contribution in [0.2, 0.25) is 0 Å². The number of carbonyl (C=O) groups excluding carboxylic acids is 1. The number of rotatable bonds is 4. The highest BCUT2D eigenvalue weighted by atomic mass is 19.4. The Hall–Kier alpha value is -1.91. The fourth-order valence-electron chi connectivity index (χ4n) is 4.65. The standard InChI is InChI=1S/C20H27F3N4O3/c21-20(22,23)14-9-17-12-25(5-6-27(17)19(29)10-14)13-18(28)24-15-1-4-26(11-15)16-2-7-30-8-3-16/h9-10,15-16H,1-8,11-13H2,(H,24,28). The lowest BCUT2D eigenvalue weighted by Gasteiger charge is -2.31. The van der Waals surface area contributed by atoms with Gasteiger partial charge < -0.3 is 14.6 Å². The van der Waals surface area contributed by atoms with E-state index in [0.29, 0.717) is 24.3 Å². The zero-order valence-electron chi connectivity index (χ0n) is 16.8. The largest absolute Gasteiger partial charge is 0.416 e. The summed E-state index contributed by atoms with van der Waals surface area (Å²) in [6.45, 7) is 4.33. The van der Waals surface area contributed by atoms with Crippen LogP contribution in [0.3, 0.4) is 0 Å². The quantitative estimate of drug-likeness (QED) is 0.777. The summed E-state index contributed by atoms with van der Waals surface area (Å²) in [7, 11) is 0. The van der Waals surface area contributed by atoms with Crippen molar-refractivity contribution in [2.24, 2.45) is 0 Å². The number of halogens is 3. The molecule has 1 amide bonds. The van der Waals surface area contributed by atoms with Gasteiger partial charge >= 0.3 is 6.18 Å². The molecule has 1 aromatic heterocycles. The van der Waals surface area contributed by atoms with Gasteiger partial charge in [0.05, 0.1) is 12.1 Å². The maximum atomic E-state index is 13.0. The van der Waals surface area contributed by atoms with Crippen LogP contribution >= 0.6 is 0 Å². The number of carbonyl (C=O) groups is 1. The van der Waals surface area contributed by atoms with E-state index in [2.05, 4.69) is 10.2 Å². The lowest BCUT2D eigenvalue weighted by molar-refractivity contribution is -0.138. The molecule has 0 bridgehead atoms. The molecule has 1 aromatic rings. The van der Waals surface area contributed by atoms with Gasteiger partial charge in [0.1, 0.15) is 0 Å². The molecule has 3 aliphatic heterocycles. The summed E-state index contributed by atoms with van der Waals surface area (Å²) in [5.41, 5.74) is -1.30. The molecular weight excluding hydrogens is 401 g/mol. The highest BCUT2D eigenvalue weighted by Gasteiger charge is 2.33. The minimum atomic E-state index is -4.56. The summed E-state index contributed by atoms with van der Waals surface area (Å²) >= 11 is 0. The van der Waals surface area contributed by atoms with Gasteiger partial charge in [-0.05, 0) is 25.3 Å². The minimum absolute atomic E-state index is 0.0943. The molecule has 1 N–H and O–H groups in total. The van der Waals surface area contributed by atoms with Crippen LogP contribution in [0.1, 0.15) is 30.5 Å². The van der Waals surface area contributed by atoms with Crippen LogP contribution in [0.25, 0.3) is 0 Å². The lowest BCUT2D eigenvalue weighted by atomic mass is 10.1. The van der Waals surface area contributed by atoms with Crippen LogP contribution in [0.4, 0.5) is 13.2 Å². The second kappa shape index (κ2) is 8.68. The Labute approximate surface area is 172 Å². The van der Waals surface area contributed by atoms with Crippen molar-refractivity contribution in [3.05, 3.63) is 33.7 Å². The fourth-order valence-corrected chi connectivity index (χ4v) is 4.65. The Morgan fingerprint density at radius 1 is 1.13 bits per heavy atom. The number of hydrogen-bond donors (Lipinski definition) is 1. The van der Waals surface area contributed by atoms with E-state index in [1.807, 2.05) is 0 Å². The zero-order valence-corrected chi connectivity index (χ0v) is 16.8. The van der Waals surface area contributed by atoms with Crippen LogP contribution in [0.5, 0.6) is 0 Å². The summed E-state index contributed by atoms with van der Waals surface area (Å²) in [6, 6.07) is 2.25. The first-order valence-corrected chi connectivity index (χ1v) is 10.4. The third-order valence-corrected chi connectivity index (χ3v) is 6.23. The molecule has 0 saturated carbocycles. The smallest absolute Gasteiger partial charge is 0.381 e. The number of nitrogens with one attached hydrogen (secondary N) is 1. The number of pyridine rings is 1. The normalized spacial score (nSPS) is 24.0. The van der Waals surface area contributed by atoms with E-state index >= 15 is 0 Å². The molecular formula is C20H27F3N4O3. The third kappa shape index (κ3) is 4.87. The van der Waals surface area contributed by atoms with Crippen LogP contribution in [-0.2, 0) is 28.8 Å². The van der Waals surface area contributed by atoms with Crippen LogP contribution < -0.4 is 10.9 Å². The van der Waals surface area contributed by atoms with Gasteiger partial charge in [-0.2, -0.15) is 13.2 Å². The third-order valence-electron chi connectivity index (χ3n) is 6.23. The van der Waals surface area contributed by atoms with E-state index in [9.17, 15) is 22.8 Å². The molecule has 30 heavy (non-hydrogen) atoms. The van der Waals surface area contributed by atoms with E-state index in [-0.39, 0.29) is 31.6 Å². The highest BCUT2D eigenvalue weighted by molar-refractivity contribution is 5.78. The molecule has 1 atom stereocenters. The Morgan fingerprint density at radius 3 is 2.63 bits per heavy atom. The SMILES string of the molecule is O=C(CN1CCn2c(cc(C(F)(F)F)cc2=O)C1)NC1CCN(C2CCOCC2)C1. The van der Waals surface area contributed by atoms with Gasteiger partial charge in [-0.25, -0.2) is 0 Å². The van der Waals surface area contributed by atoms with E-state index in [1.165, 1.54) is 4.57 Å². The molecule has 0 radical (unpaired) electrons. The number of nitrogens with zero attached hydrogens (tertiary/aromatic N) is 3. The first kappa shape index (κ1) is 21.3. The number of hydrogen-bond acceptors (Lipinski definition) is 5. The van der Waals surface area contributed by atoms with Gasteiger partial charge in [-0.1, -0.05) is 0 Å². The summed E-state index contributed by atoms with van der Waals surface area (Å²) in [5, 5.41) is 3.06. The molecule has 7 nitrogen and oxygen atoms in total. The topological polar surface area (TPSA) is 66.8 Å². The molecule has 2 saturated heterocycles. The van der Waals surface area contributed by atoms with Crippen LogP contribution in [0, 0.1) is 0 Å². The van der Waals surface area contributed by atoms with Gasteiger partial charge in [-0.15, -0.1) is 0 Å². The summed E-state index contributed by atoms with van der Waals surface area (Å²) in [6.07, 6.45) is -1.62. The number of likely N-dealkylation sites (tertiary alicyclic amines) is 1. The van der Waals surface area contributed by atoms with Crippen LogP contribution in [-0.4, -0.2) is 71.8 Å². The minimum Gasteiger partial charge on any atom is -0.381 e. The molecule has 1 unspecified atom stereocenters. The van der Waals surface area contributed by atoms with E-state index in [1.54, 1.807) is 4.90 Å². The van der Waals surface area contributed by atoms with Gasteiger partial charge in [0.15, 0.2) is 0 Å². The number of aromatic nitrogens is 1. The average molecular weight is 428 g/mol. The molecule has 166 valence electrons. The van der Waals surface area contributed by atoms with Crippen molar-refractivity contribution in [2.45, 2.75) is 50.6 Å². The van der Waals surface area contributed by atoms with E-state index < -0.39 is 17.3 Å². The Kier molecular flexibility index (Phi) is 6.17. The fraction of sp³-hybridized carbons (Fsp3) is 0.700. The zero-order chi connectivity index (χ0) is 21.3. The van der Waals surface area contributed by atoms with Crippen molar-refractivity contribution in [3.8, 4) is 0 Å². The second-order valence-electron chi connectivity index (χ2n) is 8.33. The second-order valence-corrected chi connectivity index (χ2v) is 8.33. The summed E-state index contributed by atoms with van der Waals surface area (Å²) in [5.74, 6) is -0.128. The Bertz CT molecular complexity index is 836. The van der Waals surface area contributed by atoms with E-state index in [0.717, 1.165) is 51.6 Å². The Morgan fingerprint density at radius 2 is 1.90 bits per heavy atom. The van der Waals surface area contributed by atoms with Crippen molar-refractivity contribution in [3.63, 3.8) is 0 Å². The summed E-state index contributed by atoms with van der Waals surface area (Å²) in [4.78, 5) is 28.7. The monoisotopic (exact) mass is 428 g/mol. The molecule has 3 aliphatic rings. The van der Waals surface area contributed by atoms with Crippen molar-refractivity contribution in [1.82, 2.24) is 19.7 Å².